The fourth-order valence-electron chi connectivity index (χ4n) is 4.06. The molecule has 0 unspecified atom stereocenters. The molecule has 0 atom stereocenters. The van der Waals surface area contributed by atoms with Crippen molar-refractivity contribution in [3.8, 4) is 0 Å². The molecule has 3 heterocycles. The molecule has 4 rings (SSSR count). The predicted octanol–water partition coefficient (Wildman–Crippen LogP) is 4.45. The van der Waals surface area contributed by atoms with Crippen molar-refractivity contribution in [2.24, 2.45) is 0 Å². The number of pyridine rings is 1. The van der Waals surface area contributed by atoms with Gasteiger partial charge in [0.05, 0.1) is 21.8 Å². The van der Waals surface area contributed by atoms with Crippen molar-refractivity contribution >= 4 is 66.6 Å². The lowest BCUT2D eigenvalue weighted by Crippen LogP contribution is -2.36. The monoisotopic (exact) mass is 521 g/mol. The molecule has 0 aromatic carbocycles. The maximum Gasteiger partial charge on any atom is 0.258 e. The summed E-state index contributed by atoms with van der Waals surface area (Å²) in [5, 5.41) is 11.2. The quantitative estimate of drug-likeness (QED) is 0.402. The number of imidazole rings is 1. The van der Waals surface area contributed by atoms with Crippen molar-refractivity contribution in [3.63, 3.8) is 0 Å². The Bertz CT molecular complexity index is 870. The summed E-state index contributed by atoms with van der Waals surface area (Å²) in [6, 6.07) is 6.72. The van der Waals surface area contributed by atoms with E-state index in [2.05, 4.69) is 25.3 Å². The fraction of sp³-hybridized carbons (Fsp3) is 0.545. The number of unbranched alkanes of at least 4 members (excludes halogenated alkanes) is 1. The molecule has 0 bridgehead atoms. The molecule has 1 saturated carbocycles. The number of aromatic nitrogens is 2. The van der Waals surface area contributed by atoms with Crippen LogP contribution in [0.15, 0.2) is 34.3 Å². The van der Waals surface area contributed by atoms with Crippen molar-refractivity contribution < 1.29 is 4.79 Å². The molecular formula is C22H34Cl3N5OS. The van der Waals surface area contributed by atoms with Gasteiger partial charge in [-0.1, -0.05) is 37.1 Å². The third-order valence-electron chi connectivity index (χ3n) is 5.64. The summed E-state index contributed by atoms with van der Waals surface area (Å²) in [4.78, 5) is 17.6. The highest BCUT2D eigenvalue weighted by molar-refractivity contribution is 8.04. The van der Waals surface area contributed by atoms with E-state index in [0.29, 0.717) is 6.54 Å². The van der Waals surface area contributed by atoms with E-state index >= 15 is 0 Å². The Labute approximate surface area is 213 Å². The van der Waals surface area contributed by atoms with Crippen LogP contribution < -0.4 is 16.0 Å². The van der Waals surface area contributed by atoms with E-state index < -0.39 is 0 Å². The Morgan fingerprint density at radius 3 is 2.62 bits per heavy atom. The van der Waals surface area contributed by atoms with Gasteiger partial charge in [-0.3, -0.25) is 9.20 Å². The zero-order valence-corrected chi connectivity index (χ0v) is 21.4. The lowest BCUT2D eigenvalue weighted by atomic mass is 9.95. The number of hydrogen-bond donors (Lipinski definition) is 3. The zero-order chi connectivity index (χ0) is 19.9. The molecule has 6 nitrogen and oxygen atoms in total. The van der Waals surface area contributed by atoms with Crippen molar-refractivity contribution in [2.45, 2.75) is 56.0 Å². The van der Waals surface area contributed by atoms with Crippen molar-refractivity contribution in [3.05, 3.63) is 35.0 Å². The van der Waals surface area contributed by atoms with E-state index in [1.54, 1.807) is 0 Å². The van der Waals surface area contributed by atoms with E-state index in [4.69, 9.17) is 0 Å². The van der Waals surface area contributed by atoms with Crippen LogP contribution in [0.25, 0.3) is 11.7 Å². The van der Waals surface area contributed by atoms with Gasteiger partial charge in [0.2, 0.25) is 0 Å². The summed E-state index contributed by atoms with van der Waals surface area (Å²) in [5.74, 6) is 0.00379. The normalized spacial score (nSPS) is 15.2. The molecule has 3 N–H and O–H groups in total. The summed E-state index contributed by atoms with van der Waals surface area (Å²) in [7, 11) is 0. The molecule has 1 aliphatic heterocycles. The second-order valence-corrected chi connectivity index (χ2v) is 8.92. The minimum Gasteiger partial charge on any atom is -0.352 e. The van der Waals surface area contributed by atoms with E-state index in [9.17, 15) is 4.79 Å². The van der Waals surface area contributed by atoms with Crippen LogP contribution in [-0.2, 0) is 4.79 Å². The Kier molecular flexibility index (Phi) is 13.7. The van der Waals surface area contributed by atoms with Gasteiger partial charge in [0.1, 0.15) is 5.65 Å². The largest absolute Gasteiger partial charge is 0.352 e. The molecule has 1 amide bonds. The van der Waals surface area contributed by atoms with Gasteiger partial charge in [0.15, 0.2) is 0 Å². The summed E-state index contributed by atoms with van der Waals surface area (Å²) in [6.07, 6.45) is 12.6. The number of carbonyl (C=O) groups is 1. The Morgan fingerprint density at radius 1 is 1.03 bits per heavy atom. The highest BCUT2D eigenvalue weighted by Crippen LogP contribution is 2.34. The van der Waals surface area contributed by atoms with Crippen molar-refractivity contribution in [2.75, 3.05) is 26.2 Å². The summed E-state index contributed by atoms with van der Waals surface area (Å²) in [6.45, 7) is 3.78. The van der Waals surface area contributed by atoms with Crippen LogP contribution in [0.3, 0.4) is 0 Å². The molecular weight excluding hydrogens is 489 g/mol. The van der Waals surface area contributed by atoms with E-state index in [1.807, 2.05) is 30.5 Å². The standard InChI is InChI=1S/C22H31N5OS.3ClH/c28-22(19-15-18-16-26-20-9-6-10-21(29-19)27(18)20)25-12-5-4-11-23-13-14-24-17-7-2-1-3-8-17;;;/h6,9-10,15-17,23-24H,1-5,7-8,11-14H2,(H,25,28);3*1H. The van der Waals surface area contributed by atoms with Crippen LogP contribution in [0.4, 0.5) is 0 Å². The molecule has 0 spiro atoms. The van der Waals surface area contributed by atoms with Crippen LogP contribution in [0.2, 0.25) is 0 Å². The first-order chi connectivity index (χ1) is 14.3. The summed E-state index contributed by atoms with van der Waals surface area (Å²) in [5.41, 5.74) is 1.88. The highest BCUT2D eigenvalue weighted by Gasteiger charge is 2.19. The molecule has 0 radical (unpaired) electrons. The second kappa shape index (κ2) is 15.0. The van der Waals surface area contributed by atoms with Crippen molar-refractivity contribution in [1.29, 1.82) is 0 Å². The maximum atomic E-state index is 12.5. The molecule has 2 aliphatic rings. The molecule has 32 heavy (non-hydrogen) atoms. The first kappa shape index (κ1) is 29.1. The van der Waals surface area contributed by atoms with Crippen LogP contribution >= 0.6 is 49.0 Å². The summed E-state index contributed by atoms with van der Waals surface area (Å²) < 4.78 is 2.08. The first-order valence-corrected chi connectivity index (χ1v) is 11.7. The summed E-state index contributed by atoms with van der Waals surface area (Å²) >= 11 is 1.50. The molecule has 2 aromatic heterocycles. The van der Waals surface area contributed by atoms with Gasteiger partial charge in [0.25, 0.3) is 5.91 Å². The number of nitrogens with zero attached hydrogens (tertiary/aromatic N) is 2. The van der Waals surface area contributed by atoms with Gasteiger partial charge in [0, 0.05) is 25.7 Å². The third-order valence-corrected chi connectivity index (χ3v) is 6.69. The van der Waals surface area contributed by atoms with Crippen LogP contribution in [0.1, 0.15) is 50.6 Å². The highest BCUT2D eigenvalue weighted by atomic mass is 35.5. The number of rotatable bonds is 10. The average Bonchev–Trinajstić information content (AvgIpc) is 3.18. The third kappa shape index (κ3) is 7.82. The minimum absolute atomic E-state index is 0. The first-order valence-electron chi connectivity index (χ1n) is 10.9. The number of nitrogens with one attached hydrogen (secondary N) is 3. The average molecular weight is 523 g/mol. The fourth-order valence-corrected chi connectivity index (χ4v) is 5.07. The van der Waals surface area contributed by atoms with Crippen LogP contribution in [0.5, 0.6) is 0 Å². The van der Waals surface area contributed by atoms with E-state index in [1.165, 1.54) is 43.9 Å². The SMILES string of the molecule is Cl.Cl.Cl.O=C(NCCCCNCCNC1CCCCC1)C1=Cc2cnc3cccc(n23)S1. The number of carbonyl (C=O) groups excluding carboxylic acids is 1. The van der Waals surface area contributed by atoms with Gasteiger partial charge in [-0.15, -0.1) is 37.2 Å². The van der Waals surface area contributed by atoms with Gasteiger partial charge in [-0.25, -0.2) is 4.98 Å². The lowest BCUT2D eigenvalue weighted by molar-refractivity contribution is -0.116. The van der Waals surface area contributed by atoms with Gasteiger partial charge in [-0.05, 0) is 50.4 Å². The smallest absolute Gasteiger partial charge is 0.258 e. The zero-order valence-electron chi connectivity index (χ0n) is 18.2. The number of amides is 1. The number of thioether (sulfide) groups is 1. The van der Waals surface area contributed by atoms with Gasteiger partial charge in [-0.2, -0.15) is 0 Å². The van der Waals surface area contributed by atoms with Crippen molar-refractivity contribution in [1.82, 2.24) is 25.3 Å². The predicted molar refractivity (Wildman–Crippen MR) is 141 cm³/mol. The minimum atomic E-state index is 0. The van der Waals surface area contributed by atoms with Gasteiger partial charge >= 0.3 is 0 Å². The molecule has 180 valence electrons. The van der Waals surface area contributed by atoms with Crippen LogP contribution in [-0.4, -0.2) is 47.5 Å². The van der Waals surface area contributed by atoms with E-state index in [-0.39, 0.29) is 43.1 Å². The lowest BCUT2D eigenvalue weighted by Gasteiger charge is -2.22. The topological polar surface area (TPSA) is 70.5 Å². The van der Waals surface area contributed by atoms with Gasteiger partial charge < -0.3 is 16.0 Å². The number of hydrogen-bond acceptors (Lipinski definition) is 5. The van der Waals surface area contributed by atoms with Crippen LogP contribution in [0, 0.1) is 0 Å². The second-order valence-electron chi connectivity index (χ2n) is 7.85. The Morgan fingerprint density at radius 2 is 1.81 bits per heavy atom. The molecule has 10 heteroatoms. The van der Waals surface area contributed by atoms with E-state index in [0.717, 1.165) is 59.8 Å². The Hall–Kier alpha value is -0.960. The number of halogens is 3. The molecule has 2 aromatic rings. The maximum absolute atomic E-state index is 12.5. The Balaban J connectivity index is 0.00000171. The molecule has 1 fully saturated rings. The molecule has 1 aliphatic carbocycles. The molecule has 0 saturated heterocycles.